The van der Waals surface area contributed by atoms with Crippen molar-refractivity contribution in [2.24, 2.45) is 0 Å². The second-order valence-electron chi connectivity index (χ2n) is 2.34. The second-order valence-corrected chi connectivity index (χ2v) is 2.34. The lowest BCUT2D eigenvalue weighted by Crippen LogP contribution is -2.29. The molecule has 0 aromatic carbocycles. The number of hydrogen-bond donors (Lipinski definition) is 2. The lowest BCUT2D eigenvalue weighted by atomic mass is 10.1. The van der Waals surface area contributed by atoms with Crippen LogP contribution >= 0.6 is 0 Å². The molecule has 0 aromatic rings. The fourth-order valence-electron chi connectivity index (χ4n) is 1.03. The predicted octanol–water partition coefficient (Wildman–Crippen LogP) is -0.483. The first-order chi connectivity index (χ1) is 4.25. The Balaban J connectivity index is 2.41. The lowest BCUT2D eigenvalue weighted by molar-refractivity contribution is 0.0218. The molecule has 0 radical (unpaired) electrons. The molecule has 3 atom stereocenters. The largest absolute Gasteiger partial charge is 0.388 e. The van der Waals surface area contributed by atoms with Gasteiger partial charge in [-0.05, 0) is 6.42 Å². The summed E-state index contributed by atoms with van der Waals surface area (Å²) >= 11 is 0. The summed E-state index contributed by atoms with van der Waals surface area (Å²) in [4.78, 5) is 0. The van der Waals surface area contributed by atoms with Crippen LogP contribution < -0.4 is 0 Å². The quantitative estimate of drug-likeness (QED) is 0.506. The molecule has 1 saturated heterocycles. The van der Waals surface area contributed by atoms with E-state index < -0.39 is 12.2 Å². The molecule has 3 heteroatoms. The van der Waals surface area contributed by atoms with E-state index in [-0.39, 0.29) is 12.7 Å². The topological polar surface area (TPSA) is 49.7 Å². The van der Waals surface area contributed by atoms with Crippen LogP contribution in [0.15, 0.2) is 0 Å². The van der Waals surface area contributed by atoms with Crippen LogP contribution in [0.25, 0.3) is 0 Å². The third kappa shape index (κ3) is 1.23. The molecule has 0 amide bonds. The Bertz CT molecular complexity index is 94.3. The van der Waals surface area contributed by atoms with Gasteiger partial charge in [0.1, 0.15) is 12.2 Å². The molecule has 9 heavy (non-hydrogen) atoms. The maximum Gasteiger partial charge on any atom is 0.108 e. The molecule has 1 heterocycles. The Hall–Kier alpha value is -0.120. The number of aliphatic hydroxyl groups excluding tert-OH is 2. The SMILES string of the molecule is CCC1OCC(O)C1O. The van der Waals surface area contributed by atoms with Crippen molar-refractivity contribution in [1.29, 1.82) is 0 Å². The molecule has 1 rings (SSSR count). The van der Waals surface area contributed by atoms with Gasteiger partial charge in [-0.1, -0.05) is 6.92 Å². The minimum absolute atomic E-state index is 0.153. The zero-order valence-electron chi connectivity index (χ0n) is 5.45. The molecule has 0 aliphatic carbocycles. The van der Waals surface area contributed by atoms with Crippen molar-refractivity contribution >= 4 is 0 Å². The Morgan fingerprint density at radius 1 is 1.56 bits per heavy atom. The monoisotopic (exact) mass is 132 g/mol. The van der Waals surface area contributed by atoms with Crippen molar-refractivity contribution in [2.75, 3.05) is 6.61 Å². The molecule has 0 bridgehead atoms. The van der Waals surface area contributed by atoms with Gasteiger partial charge in [0, 0.05) is 0 Å². The van der Waals surface area contributed by atoms with E-state index in [0.29, 0.717) is 0 Å². The molecule has 3 unspecified atom stereocenters. The first kappa shape index (κ1) is 6.99. The van der Waals surface area contributed by atoms with Gasteiger partial charge < -0.3 is 14.9 Å². The van der Waals surface area contributed by atoms with Gasteiger partial charge >= 0.3 is 0 Å². The fraction of sp³-hybridized carbons (Fsp3) is 1.00. The average molecular weight is 132 g/mol. The molecule has 2 N–H and O–H groups in total. The van der Waals surface area contributed by atoms with Crippen molar-refractivity contribution in [3.05, 3.63) is 0 Å². The van der Waals surface area contributed by atoms with E-state index in [9.17, 15) is 0 Å². The van der Waals surface area contributed by atoms with Gasteiger partial charge in [-0.3, -0.25) is 0 Å². The van der Waals surface area contributed by atoms with Crippen LogP contribution in [-0.4, -0.2) is 35.1 Å². The summed E-state index contributed by atoms with van der Waals surface area (Å²) in [7, 11) is 0. The molecule has 0 spiro atoms. The number of hydrogen-bond acceptors (Lipinski definition) is 3. The minimum Gasteiger partial charge on any atom is -0.388 e. The summed E-state index contributed by atoms with van der Waals surface area (Å²) < 4.78 is 5.03. The normalized spacial score (nSPS) is 43.7. The highest BCUT2D eigenvalue weighted by Gasteiger charge is 2.32. The van der Waals surface area contributed by atoms with Crippen LogP contribution in [0.4, 0.5) is 0 Å². The van der Waals surface area contributed by atoms with Gasteiger partial charge in [0.15, 0.2) is 0 Å². The Morgan fingerprint density at radius 3 is 2.44 bits per heavy atom. The van der Waals surface area contributed by atoms with Gasteiger partial charge in [-0.2, -0.15) is 0 Å². The van der Waals surface area contributed by atoms with E-state index in [0.717, 1.165) is 6.42 Å². The van der Waals surface area contributed by atoms with Crippen molar-refractivity contribution < 1.29 is 14.9 Å². The Morgan fingerprint density at radius 2 is 2.22 bits per heavy atom. The van der Waals surface area contributed by atoms with E-state index in [1.165, 1.54) is 0 Å². The summed E-state index contributed by atoms with van der Waals surface area (Å²) in [6, 6.07) is 0. The lowest BCUT2D eigenvalue weighted by Gasteiger charge is -2.10. The van der Waals surface area contributed by atoms with Crippen molar-refractivity contribution in [3.8, 4) is 0 Å². The summed E-state index contributed by atoms with van der Waals surface area (Å²) in [5.41, 5.74) is 0. The van der Waals surface area contributed by atoms with Gasteiger partial charge in [-0.25, -0.2) is 0 Å². The molecule has 1 aliphatic heterocycles. The molecule has 0 aromatic heterocycles. The van der Waals surface area contributed by atoms with Crippen LogP contribution in [0, 0.1) is 0 Å². The highest BCUT2D eigenvalue weighted by atomic mass is 16.5. The summed E-state index contributed by atoms with van der Waals surface area (Å²) in [5, 5.41) is 18.0. The fourth-order valence-corrected chi connectivity index (χ4v) is 1.03. The third-order valence-corrected chi connectivity index (χ3v) is 1.66. The van der Waals surface area contributed by atoms with Crippen LogP contribution in [0.3, 0.4) is 0 Å². The molecule has 1 fully saturated rings. The highest BCUT2D eigenvalue weighted by molar-refractivity contribution is 4.81. The van der Waals surface area contributed by atoms with Crippen LogP contribution in [0.2, 0.25) is 0 Å². The van der Waals surface area contributed by atoms with E-state index in [2.05, 4.69) is 0 Å². The molecule has 1 aliphatic rings. The van der Waals surface area contributed by atoms with Crippen LogP contribution in [-0.2, 0) is 4.74 Å². The second kappa shape index (κ2) is 2.64. The van der Waals surface area contributed by atoms with Gasteiger partial charge in [-0.15, -0.1) is 0 Å². The first-order valence-electron chi connectivity index (χ1n) is 3.23. The summed E-state index contributed by atoms with van der Waals surface area (Å²) in [6.07, 6.45) is -0.733. The number of aliphatic hydroxyl groups is 2. The molecule has 0 saturated carbocycles. The number of ether oxygens (including phenoxy) is 1. The number of rotatable bonds is 1. The molecule has 3 nitrogen and oxygen atoms in total. The summed E-state index contributed by atoms with van der Waals surface area (Å²) in [5.74, 6) is 0. The average Bonchev–Trinajstić information content (AvgIpc) is 2.15. The predicted molar refractivity (Wildman–Crippen MR) is 32.0 cm³/mol. The van der Waals surface area contributed by atoms with Crippen molar-refractivity contribution in [1.82, 2.24) is 0 Å². The van der Waals surface area contributed by atoms with E-state index in [4.69, 9.17) is 14.9 Å². The van der Waals surface area contributed by atoms with Crippen LogP contribution in [0.5, 0.6) is 0 Å². The highest BCUT2D eigenvalue weighted by Crippen LogP contribution is 2.16. The first-order valence-corrected chi connectivity index (χ1v) is 3.23. The van der Waals surface area contributed by atoms with Gasteiger partial charge in [0.2, 0.25) is 0 Å². The van der Waals surface area contributed by atoms with Crippen molar-refractivity contribution in [3.63, 3.8) is 0 Å². The van der Waals surface area contributed by atoms with Gasteiger partial charge in [0.05, 0.1) is 12.7 Å². The van der Waals surface area contributed by atoms with Crippen molar-refractivity contribution in [2.45, 2.75) is 31.7 Å². The summed E-state index contributed by atoms with van der Waals surface area (Å²) in [6.45, 7) is 2.20. The minimum atomic E-state index is -0.671. The Labute approximate surface area is 54.3 Å². The standard InChI is InChI=1S/C6H12O3/c1-2-5-6(8)4(7)3-9-5/h4-8H,2-3H2,1H3. The van der Waals surface area contributed by atoms with Gasteiger partial charge in [0.25, 0.3) is 0 Å². The zero-order chi connectivity index (χ0) is 6.85. The zero-order valence-corrected chi connectivity index (χ0v) is 5.45. The Kier molecular flexibility index (Phi) is 2.05. The maximum atomic E-state index is 9.08. The van der Waals surface area contributed by atoms with E-state index in [1.54, 1.807) is 0 Å². The molecule has 54 valence electrons. The van der Waals surface area contributed by atoms with E-state index >= 15 is 0 Å². The van der Waals surface area contributed by atoms with Crippen LogP contribution in [0.1, 0.15) is 13.3 Å². The third-order valence-electron chi connectivity index (χ3n) is 1.66. The van der Waals surface area contributed by atoms with E-state index in [1.807, 2.05) is 6.92 Å². The maximum absolute atomic E-state index is 9.08. The smallest absolute Gasteiger partial charge is 0.108 e. The molecular formula is C6H12O3. The molecular weight excluding hydrogens is 120 g/mol.